The minimum absolute atomic E-state index is 0.743. The molecular weight excluding hydrogens is 182 g/mol. The molecule has 0 spiro atoms. The summed E-state index contributed by atoms with van der Waals surface area (Å²) in [7, 11) is 0. The van der Waals surface area contributed by atoms with Gasteiger partial charge in [0.2, 0.25) is 0 Å². The number of aryl methyl sites for hydroxylation is 1. The van der Waals surface area contributed by atoms with E-state index in [9.17, 15) is 0 Å². The normalized spacial score (nSPS) is 10.9. The summed E-state index contributed by atoms with van der Waals surface area (Å²) in [6.07, 6.45) is 2.27. The van der Waals surface area contributed by atoms with Gasteiger partial charge >= 0.3 is 0 Å². The second kappa shape index (κ2) is 6.62. The van der Waals surface area contributed by atoms with Gasteiger partial charge in [0, 0.05) is 0 Å². The van der Waals surface area contributed by atoms with Crippen LogP contribution in [0, 0.1) is 5.92 Å². The van der Waals surface area contributed by atoms with Crippen molar-refractivity contribution in [1.29, 1.82) is 0 Å². The maximum absolute atomic E-state index is 3.47. The fourth-order valence-electron chi connectivity index (χ4n) is 1.63. The molecule has 1 aromatic rings. The molecule has 0 heterocycles. The molecule has 0 amide bonds. The van der Waals surface area contributed by atoms with Gasteiger partial charge in [0.05, 0.1) is 0 Å². The second-order valence-electron chi connectivity index (χ2n) is 4.52. The molecule has 0 aliphatic rings. The molecule has 0 fully saturated rings. The third kappa shape index (κ3) is 4.98. The van der Waals surface area contributed by atoms with Gasteiger partial charge in [0.1, 0.15) is 0 Å². The van der Waals surface area contributed by atoms with Crippen LogP contribution in [0.5, 0.6) is 0 Å². The maximum Gasteiger partial charge on any atom is -0.000824 e. The molecule has 0 atom stereocenters. The monoisotopic (exact) mass is 205 g/mol. The Kier molecular flexibility index (Phi) is 5.41. The second-order valence-corrected chi connectivity index (χ2v) is 4.52. The van der Waals surface area contributed by atoms with Gasteiger partial charge in [0.25, 0.3) is 0 Å². The van der Waals surface area contributed by atoms with Crippen molar-refractivity contribution in [2.75, 3.05) is 13.1 Å². The number of benzene rings is 1. The minimum Gasteiger partial charge on any atom is -0.316 e. The van der Waals surface area contributed by atoms with Crippen LogP contribution in [0.3, 0.4) is 0 Å². The molecule has 0 bridgehead atoms. The van der Waals surface area contributed by atoms with Crippen LogP contribution >= 0.6 is 0 Å². The van der Waals surface area contributed by atoms with E-state index in [1.165, 1.54) is 11.1 Å². The largest absolute Gasteiger partial charge is 0.316 e. The van der Waals surface area contributed by atoms with Crippen molar-refractivity contribution in [2.24, 2.45) is 5.92 Å². The topological polar surface area (TPSA) is 12.0 Å². The van der Waals surface area contributed by atoms with Crippen molar-refractivity contribution in [3.05, 3.63) is 35.4 Å². The van der Waals surface area contributed by atoms with Crippen molar-refractivity contribution in [1.82, 2.24) is 5.32 Å². The average molecular weight is 205 g/mol. The first-order chi connectivity index (χ1) is 7.22. The number of hydrogen-bond acceptors (Lipinski definition) is 1. The lowest BCUT2D eigenvalue weighted by Gasteiger charge is -2.07. The number of nitrogens with one attached hydrogen (secondary N) is 1. The smallest absolute Gasteiger partial charge is 0.000824 e. The zero-order valence-electron chi connectivity index (χ0n) is 10.2. The Labute approximate surface area is 93.9 Å². The molecule has 0 saturated carbocycles. The van der Waals surface area contributed by atoms with E-state index in [4.69, 9.17) is 0 Å². The summed E-state index contributed by atoms with van der Waals surface area (Å²) in [4.78, 5) is 0. The Balaban J connectivity index is 2.30. The summed E-state index contributed by atoms with van der Waals surface area (Å²) < 4.78 is 0. The van der Waals surface area contributed by atoms with Crippen molar-refractivity contribution in [2.45, 2.75) is 33.6 Å². The summed E-state index contributed by atoms with van der Waals surface area (Å²) in [5.74, 6) is 0.743. The number of hydrogen-bond donors (Lipinski definition) is 1. The predicted molar refractivity (Wildman–Crippen MR) is 67.2 cm³/mol. The van der Waals surface area contributed by atoms with Crippen LogP contribution in [0.1, 0.15) is 31.9 Å². The van der Waals surface area contributed by atoms with E-state index in [2.05, 4.69) is 50.4 Å². The third-order valence-electron chi connectivity index (χ3n) is 2.54. The standard InChI is InChI=1S/C14H23N/c1-4-13-6-5-7-14(10-13)8-9-15-11-12(2)3/h5-7,10,12,15H,4,8-9,11H2,1-3H3. The van der Waals surface area contributed by atoms with Gasteiger partial charge in [-0.25, -0.2) is 0 Å². The van der Waals surface area contributed by atoms with Crippen LogP contribution in [-0.2, 0) is 12.8 Å². The summed E-state index contributed by atoms with van der Waals surface area (Å²) in [6, 6.07) is 8.90. The first-order valence-corrected chi connectivity index (χ1v) is 6.01. The van der Waals surface area contributed by atoms with Crippen LogP contribution in [-0.4, -0.2) is 13.1 Å². The first-order valence-electron chi connectivity index (χ1n) is 6.01. The highest BCUT2D eigenvalue weighted by Gasteiger charge is 1.96. The van der Waals surface area contributed by atoms with Gasteiger partial charge in [0.15, 0.2) is 0 Å². The van der Waals surface area contributed by atoms with Gasteiger partial charge in [-0.15, -0.1) is 0 Å². The van der Waals surface area contributed by atoms with E-state index in [1.807, 2.05) is 0 Å². The summed E-state index contributed by atoms with van der Waals surface area (Å²) >= 11 is 0. The van der Waals surface area contributed by atoms with Crippen LogP contribution in [0.4, 0.5) is 0 Å². The molecule has 1 N–H and O–H groups in total. The Morgan fingerprint density at radius 1 is 1.20 bits per heavy atom. The van der Waals surface area contributed by atoms with E-state index < -0.39 is 0 Å². The predicted octanol–water partition coefficient (Wildman–Crippen LogP) is 3.04. The molecule has 1 nitrogen and oxygen atoms in total. The minimum atomic E-state index is 0.743. The highest BCUT2D eigenvalue weighted by atomic mass is 14.8. The fraction of sp³-hybridized carbons (Fsp3) is 0.571. The Hall–Kier alpha value is -0.820. The lowest BCUT2D eigenvalue weighted by atomic mass is 10.1. The van der Waals surface area contributed by atoms with Crippen molar-refractivity contribution >= 4 is 0 Å². The van der Waals surface area contributed by atoms with Gasteiger partial charge in [-0.1, -0.05) is 45.0 Å². The van der Waals surface area contributed by atoms with E-state index in [0.29, 0.717) is 0 Å². The molecule has 1 aromatic carbocycles. The molecule has 84 valence electrons. The fourth-order valence-corrected chi connectivity index (χ4v) is 1.63. The Bertz CT molecular complexity index is 278. The van der Waals surface area contributed by atoms with Crippen LogP contribution in [0.25, 0.3) is 0 Å². The number of rotatable bonds is 6. The van der Waals surface area contributed by atoms with Gasteiger partial charge < -0.3 is 5.32 Å². The molecule has 0 saturated heterocycles. The molecule has 1 rings (SSSR count). The van der Waals surface area contributed by atoms with Crippen molar-refractivity contribution in [3.63, 3.8) is 0 Å². The summed E-state index contributed by atoms with van der Waals surface area (Å²) in [5.41, 5.74) is 2.89. The SMILES string of the molecule is CCc1cccc(CCNCC(C)C)c1. The first kappa shape index (κ1) is 12.3. The van der Waals surface area contributed by atoms with Crippen LogP contribution in [0.15, 0.2) is 24.3 Å². The van der Waals surface area contributed by atoms with E-state index in [1.54, 1.807) is 0 Å². The summed E-state index contributed by atoms with van der Waals surface area (Å²) in [6.45, 7) is 8.89. The molecule has 0 unspecified atom stereocenters. The zero-order chi connectivity index (χ0) is 11.1. The molecule has 0 aromatic heterocycles. The molecule has 1 heteroatoms. The Morgan fingerprint density at radius 2 is 1.93 bits per heavy atom. The summed E-state index contributed by atoms with van der Waals surface area (Å²) in [5, 5.41) is 3.47. The molecule has 0 aliphatic carbocycles. The Morgan fingerprint density at radius 3 is 2.60 bits per heavy atom. The van der Waals surface area contributed by atoms with Crippen LogP contribution in [0.2, 0.25) is 0 Å². The average Bonchev–Trinajstić information content (AvgIpc) is 2.24. The third-order valence-corrected chi connectivity index (χ3v) is 2.54. The van der Waals surface area contributed by atoms with Gasteiger partial charge in [-0.2, -0.15) is 0 Å². The van der Waals surface area contributed by atoms with E-state index >= 15 is 0 Å². The lowest BCUT2D eigenvalue weighted by molar-refractivity contribution is 0.554. The van der Waals surface area contributed by atoms with Gasteiger partial charge in [-0.3, -0.25) is 0 Å². The highest BCUT2D eigenvalue weighted by molar-refractivity contribution is 5.23. The molecule has 15 heavy (non-hydrogen) atoms. The van der Waals surface area contributed by atoms with Crippen LogP contribution < -0.4 is 5.32 Å². The van der Waals surface area contributed by atoms with E-state index in [-0.39, 0.29) is 0 Å². The van der Waals surface area contributed by atoms with Gasteiger partial charge in [-0.05, 0) is 43.0 Å². The van der Waals surface area contributed by atoms with E-state index in [0.717, 1.165) is 31.8 Å². The van der Waals surface area contributed by atoms with Crippen molar-refractivity contribution in [3.8, 4) is 0 Å². The quantitative estimate of drug-likeness (QED) is 0.704. The van der Waals surface area contributed by atoms with Crippen molar-refractivity contribution < 1.29 is 0 Å². The zero-order valence-corrected chi connectivity index (χ0v) is 10.2. The lowest BCUT2D eigenvalue weighted by Crippen LogP contribution is -2.22. The molecule has 0 radical (unpaired) electrons. The molecular formula is C14H23N. The highest BCUT2D eigenvalue weighted by Crippen LogP contribution is 2.06. The molecule has 0 aliphatic heterocycles. The maximum atomic E-state index is 3.47.